The highest BCUT2D eigenvalue weighted by atomic mass is 16.4. The summed E-state index contributed by atoms with van der Waals surface area (Å²) in [5.41, 5.74) is 2.93. The lowest BCUT2D eigenvalue weighted by molar-refractivity contribution is 0.0682. The lowest BCUT2D eigenvalue weighted by Crippen LogP contribution is -1.98. The summed E-state index contributed by atoms with van der Waals surface area (Å²) in [6.45, 7) is 7.02. The van der Waals surface area contributed by atoms with E-state index in [0.717, 1.165) is 11.1 Å². The summed E-state index contributed by atoms with van der Waals surface area (Å²) in [6.07, 6.45) is 0. The second kappa shape index (κ2) is 8.77. The van der Waals surface area contributed by atoms with Crippen molar-refractivity contribution >= 4 is 20.4 Å². The summed E-state index contributed by atoms with van der Waals surface area (Å²) >= 11 is 0. The fourth-order valence-electron chi connectivity index (χ4n) is 1.95. The molecule has 0 heterocycles. The van der Waals surface area contributed by atoms with Crippen molar-refractivity contribution in [1.82, 2.24) is 0 Å². The molecule has 2 aromatic carbocycles. The van der Waals surface area contributed by atoms with Crippen LogP contribution in [-0.2, 0) is 0 Å². The summed E-state index contributed by atoms with van der Waals surface area (Å²) in [5, 5.41) is 36.0. The van der Waals surface area contributed by atoms with E-state index in [1.807, 2.05) is 13.8 Å². The highest BCUT2D eigenvalue weighted by Gasteiger charge is 2.12. The van der Waals surface area contributed by atoms with Crippen LogP contribution in [-0.4, -0.2) is 40.8 Å². The van der Waals surface area contributed by atoms with Crippen LogP contribution in [0.2, 0.25) is 0 Å². The number of hydrogen-bond acceptors (Lipinski definition) is 4. The Morgan fingerprint density at radius 3 is 1.20 bits per heavy atom. The van der Waals surface area contributed by atoms with E-state index in [0.29, 0.717) is 11.1 Å². The standard InChI is InChI=1S/2C9H10O3.B/c2*1-5-3-4-7(9(11)12)8(10)6(5)2;/h2*3-4,10H,1-2H3,(H,11,12);. The second-order valence-corrected chi connectivity index (χ2v) is 5.42. The summed E-state index contributed by atoms with van der Waals surface area (Å²) in [6, 6.07) is 6.16. The molecule has 0 bridgehead atoms. The normalized spacial score (nSPS) is 9.44. The van der Waals surface area contributed by atoms with Crippen molar-refractivity contribution in [2.45, 2.75) is 27.7 Å². The van der Waals surface area contributed by atoms with Crippen LogP contribution in [0.25, 0.3) is 0 Å². The Kier molecular flexibility index (Phi) is 7.74. The van der Waals surface area contributed by atoms with Crippen molar-refractivity contribution in [2.24, 2.45) is 0 Å². The van der Waals surface area contributed by atoms with Crippen molar-refractivity contribution in [1.29, 1.82) is 0 Å². The lowest BCUT2D eigenvalue weighted by Gasteiger charge is -2.05. The van der Waals surface area contributed by atoms with Crippen molar-refractivity contribution < 1.29 is 30.0 Å². The Balaban J connectivity index is 0.000000443. The SMILES string of the molecule is Cc1ccc(C(=O)O)c(O)c1C.Cc1ccc(C(=O)O)c(O)c1C.[B]. The molecule has 0 fully saturated rings. The van der Waals surface area contributed by atoms with Crippen LogP contribution in [0.1, 0.15) is 43.0 Å². The van der Waals surface area contributed by atoms with Crippen molar-refractivity contribution in [3.8, 4) is 11.5 Å². The summed E-state index contributed by atoms with van der Waals surface area (Å²) < 4.78 is 0. The molecular weight excluding hydrogens is 323 g/mol. The maximum Gasteiger partial charge on any atom is 0.339 e. The second-order valence-electron chi connectivity index (χ2n) is 5.42. The van der Waals surface area contributed by atoms with E-state index in [4.69, 9.17) is 10.2 Å². The number of carboxylic acids is 2. The van der Waals surface area contributed by atoms with Crippen LogP contribution in [0.15, 0.2) is 24.3 Å². The van der Waals surface area contributed by atoms with E-state index in [1.165, 1.54) is 12.1 Å². The van der Waals surface area contributed by atoms with Crippen LogP contribution in [0.5, 0.6) is 11.5 Å². The zero-order valence-electron chi connectivity index (χ0n) is 14.5. The number of rotatable bonds is 2. The molecule has 0 saturated carbocycles. The molecule has 0 unspecified atom stereocenters. The molecule has 0 saturated heterocycles. The summed E-state index contributed by atoms with van der Waals surface area (Å²) in [4.78, 5) is 21.1. The molecule has 0 spiro atoms. The first-order valence-electron chi connectivity index (χ1n) is 7.12. The molecule has 0 aliphatic heterocycles. The smallest absolute Gasteiger partial charge is 0.339 e. The van der Waals surface area contributed by atoms with Crippen molar-refractivity contribution in [2.75, 3.05) is 0 Å². The van der Waals surface area contributed by atoms with Gasteiger partial charge in [-0.25, -0.2) is 9.59 Å². The Morgan fingerprint density at radius 1 is 0.680 bits per heavy atom. The minimum atomic E-state index is -1.10. The molecule has 0 aliphatic rings. The van der Waals surface area contributed by atoms with Gasteiger partial charge in [0.25, 0.3) is 0 Å². The Labute approximate surface area is 148 Å². The molecule has 0 aliphatic carbocycles. The average molecular weight is 343 g/mol. The van der Waals surface area contributed by atoms with Gasteiger partial charge in [0.2, 0.25) is 0 Å². The van der Waals surface area contributed by atoms with E-state index >= 15 is 0 Å². The first-order valence-corrected chi connectivity index (χ1v) is 7.12. The van der Waals surface area contributed by atoms with Gasteiger partial charge < -0.3 is 20.4 Å². The Hall–Kier alpha value is -2.96. The maximum atomic E-state index is 10.5. The molecule has 0 atom stereocenters. The van der Waals surface area contributed by atoms with E-state index < -0.39 is 11.9 Å². The fraction of sp³-hybridized carbons (Fsp3) is 0.222. The van der Waals surface area contributed by atoms with Crippen LogP contribution < -0.4 is 0 Å². The summed E-state index contributed by atoms with van der Waals surface area (Å²) in [5.74, 6) is -2.48. The number of aromatic hydroxyl groups is 2. The van der Waals surface area contributed by atoms with Gasteiger partial charge in [0, 0.05) is 8.41 Å². The number of carbonyl (C=O) groups is 2. The number of aryl methyl sites for hydroxylation is 2. The first-order chi connectivity index (χ1) is 11.1. The molecule has 3 radical (unpaired) electrons. The van der Waals surface area contributed by atoms with Crippen LogP contribution in [0, 0.1) is 27.7 Å². The number of hydrogen-bond donors (Lipinski definition) is 4. The number of carboxylic acid groups (broad SMARTS) is 2. The maximum absolute atomic E-state index is 10.5. The van der Waals surface area contributed by atoms with Gasteiger partial charge in [0.15, 0.2) is 0 Å². The average Bonchev–Trinajstić information content (AvgIpc) is 2.50. The number of phenols is 2. The lowest BCUT2D eigenvalue weighted by atomic mass is 10.0. The van der Waals surface area contributed by atoms with Crippen molar-refractivity contribution in [3.63, 3.8) is 0 Å². The van der Waals surface area contributed by atoms with E-state index in [2.05, 4.69) is 0 Å². The molecular formula is C18H20BO6. The molecule has 131 valence electrons. The number of benzene rings is 2. The largest absolute Gasteiger partial charge is 0.507 e. The van der Waals surface area contributed by atoms with Crippen LogP contribution in [0.3, 0.4) is 0 Å². The predicted molar refractivity (Wildman–Crippen MR) is 94.8 cm³/mol. The zero-order valence-corrected chi connectivity index (χ0v) is 14.5. The van der Waals surface area contributed by atoms with Gasteiger partial charge in [-0.05, 0) is 62.1 Å². The topological polar surface area (TPSA) is 115 Å². The molecule has 0 aromatic heterocycles. The predicted octanol–water partition coefficient (Wildman–Crippen LogP) is 3.03. The first kappa shape index (κ1) is 22.0. The minimum Gasteiger partial charge on any atom is -0.507 e. The molecule has 0 amide bonds. The van der Waals surface area contributed by atoms with Crippen LogP contribution in [0.4, 0.5) is 0 Å². The highest BCUT2D eigenvalue weighted by Crippen LogP contribution is 2.25. The van der Waals surface area contributed by atoms with Gasteiger partial charge in [-0.3, -0.25) is 0 Å². The Morgan fingerprint density at radius 2 is 0.960 bits per heavy atom. The van der Waals surface area contributed by atoms with Gasteiger partial charge in [-0.1, -0.05) is 12.1 Å². The molecule has 6 nitrogen and oxygen atoms in total. The van der Waals surface area contributed by atoms with Crippen LogP contribution >= 0.6 is 0 Å². The van der Waals surface area contributed by atoms with E-state index in [9.17, 15) is 19.8 Å². The molecule has 7 heteroatoms. The van der Waals surface area contributed by atoms with Crippen molar-refractivity contribution in [3.05, 3.63) is 57.6 Å². The quantitative estimate of drug-likeness (QED) is 0.623. The monoisotopic (exact) mass is 343 g/mol. The number of aromatic carboxylic acids is 2. The molecule has 2 aromatic rings. The highest BCUT2D eigenvalue weighted by molar-refractivity contribution is 5.92. The third-order valence-electron chi connectivity index (χ3n) is 3.86. The van der Waals surface area contributed by atoms with Gasteiger partial charge in [-0.2, -0.15) is 0 Å². The van der Waals surface area contributed by atoms with E-state index in [-0.39, 0.29) is 31.0 Å². The molecule has 2 rings (SSSR count). The minimum absolute atomic E-state index is 0. The van der Waals surface area contributed by atoms with Gasteiger partial charge in [-0.15, -0.1) is 0 Å². The van der Waals surface area contributed by atoms with Gasteiger partial charge in [0.1, 0.15) is 22.6 Å². The Bertz CT molecular complexity index is 731. The molecule has 4 N–H and O–H groups in total. The zero-order chi connectivity index (χ0) is 18.6. The third kappa shape index (κ3) is 5.01. The van der Waals surface area contributed by atoms with E-state index in [1.54, 1.807) is 26.0 Å². The van der Waals surface area contributed by atoms with Gasteiger partial charge in [0.05, 0.1) is 0 Å². The fourth-order valence-corrected chi connectivity index (χ4v) is 1.95. The van der Waals surface area contributed by atoms with Gasteiger partial charge >= 0.3 is 11.9 Å². The summed E-state index contributed by atoms with van der Waals surface area (Å²) in [7, 11) is 0. The molecule has 25 heavy (non-hydrogen) atoms. The third-order valence-corrected chi connectivity index (χ3v) is 3.86.